The van der Waals surface area contributed by atoms with Crippen LogP contribution in [0.2, 0.25) is 0 Å². The average Bonchev–Trinajstić information content (AvgIpc) is 2.73. The Balaban J connectivity index is -0.000000417. The zero-order valence-corrected chi connectivity index (χ0v) is 18.6. The third kappa shape index (κ3) is 26.8. The van der Waals surface area contributed by atoms with Gasteiger partial charge in [0.05, 0.1) is 20.3 Å². The standard InChI is InChI=1S/C10H14O5.C7H12O2.C5H8O2/c1-8(4-2-5-9(12)13)10(14)15-7-3-6-11;1-3-5-6-9-7(8)4-2;1-4(2)5(6)7-3/h2,5,11H,1,3-4,6-7H2,(H,12,13);4H,2-3,5-6H2,1H3;1H2,2-3H3. The van der Waals surface area contributed by atoms with Crippen LogP contribution in [-0.4, -0.2) is 61.0 Å². The molecule has 0 aliphatic carbocycles. The molecule has 9 nitrogen and oxygen atoms in total. The van der Waals surface area contributed by atoms with Crippen molar-refractivity contribution >= 4 is 23.9 Å². The van der Waals surface area contributed by atoms with E-state index in [4.69, 9.17) is 14.9 Å². The fourth-order valence-corrected chi connectivity index (χ4v) is 1.27. The quantitative estimate of drug-likeness (QED) is 0.202. The lowest BCUT2D eigenvalue weighted by molar-refractivity contribution is -0.139. The van der Waals surface area contributed by atoms with Crippen molar-refractivity contribution in [3.05, 3.63) is 49.1 Å². The Morgan fingerprint density at radius 3 is 1.97 bits per heavy atom. The van der Waals surface area contributed by atoms with Crippen LogP contribution in [0.4, 0.5) is 0 Å². The highest BCUT2D eigenvalue weighted by Gasteiger charge is 2.06. The van der Waals surface area contributed by atoms with E-state index in [0.717, 1.165) is 18.9 Å². The van der Waals surface area contributed by atoms with E-state index in [1.54, 1.807) is 6.92 Å². The number of rotatable bonds is 12. The Labute approximate surface area is 183 Å². The van der Waals surface area contributed by atoms with Gasteiger partial charge in [-0.2, -0.15) is 0 Å². The minimum absolute atomic E-state index is 0.0430. The number of aliphatic hydroxyl groups excluding tert-OH is 1. The van der Waals surface area contributed by atoms with Gasteiger partial charge in [0.15, 0.2) is 0 Å². The summed E-state index contributed by atoms with van der Waals surface area (Å²) in [7, 11) is 1.33. The second kappa shape index (κ2) is 23.1. The lowest BCUT2D eigenvalue weighted by Gasteiger charge is -2.03. The van der Waals surface area contributed by atoms with Crippen LogP contribution < -0.4 is 0 Å². The maximum Gasteiger partial charge on any atom is 0.333 e. The molecule has 2 N–H and O–H groups in total. The number of methoxy groups -OCH3 is 1. The van der Waals surface area contributed by atoms with Crippen LogP contribution >= 0.6 is 0 Å². The molecule has 0 radical (unpaired) electrons. The lowest BCUT2D eigenvalue weighted by atomic mass is 10.2. The van der Waals surface area contributed by atoms with Crippen molar-refractivity contribution in [1.82, 2.24) is 0 Å². The summed E-state index contributed by atoms with van der Waals surface area (Å²) in [5, 5.41) is 16.7. The summed E-state index contributed by atoms with van der Waals surface area (Å²) in [4.78, 5) is 41.7. The molecule has 0 unspecified atom stereocenters. The average molecular weight is 443 g/mol. The van der Waals surface area contributed by atoms with Crippen molar-refractivity contribution < 1.29 is 43.6 Å². The Bertz CT molecular complexity index is 618. The van der Waals surface area contributed by atoms with Gasteiger partial charge in [-0.25, -0.2) is 19.2 Å². The van der Waals surface area contributed by atoms with Crippen molar-refractivity contribution in [3.63, 3.8) is 0 Å². The number of esters is 3. The summed E-state index contributed by atoms with van der Waals surface area (Å²) >= 11 is 0. The van der Waals surface area contributed by atoms with Gasteiger partial charge in [0.2, 0.25) is 0 Å². The van der Waals surface area contributed by atoms with Crippen molar-refractivity contribution in [2.45, 2.75) is 39.5 Å². The van der Waals surface area contributed by atoms with E-state index in [9.17, 15) is 19.2 Å². The first-order valence-corrected chi connectivity index (χ1v) is 9.45. The summed E-state index contributed by atoms with van der Waals surface area (Å²) in [5.74, 6) is -2.32. The van der Waals surface area contributed by atoms with Gasteiger partial charge in [0, 0.05) is 36.3 Å². The van der Waals surface area contributed by atoms with Crippen LogP contribution in [0.15, 0.2) is 49.1 Å². The third-order valence-electron chi connectivity index (χ3n) is 2.89. The van der Waals surface area contributed by atoms with Crippen LogP contribution in [0, 0.1) is 0 Å². The van der Waals surface area contributed by atoms with Crippen LogP contribution in [-0.2, 0) is 33.4 Å². The summed E-state index contributed by atoms with van der Waals surface area (Å²) < 4.78 is 13.7. The number of carbonyl (C=O) groups excluding carboxylic acids is 3. The first kappa shape index (κ1) is 32.5. The maximum absolute atomic E-state index is 11.1. The van der Waals surface area contributed by atoms with Crippen molar-refractivity contribution in [3.8, 4) is 0 Å². The number of allylic oxidation sites excluding steroid dienone is 1. The number of aliphatic hydroxyl groups is 1. The zero-order chi connectivity index (χ0) is 24.7. The Morgan fingerprint density at radius 2 is 1.58 bits per heavy atom. The molecule has 0 amide bonds. The molecular formula is C22H34O9. The van der Waals surface area contributed by atoms with Gasteiger partial charge in [-0.1, -0.05) is 39.2 Å². The summed E-state index contributed by atoms with van der Waals surface area (Å²) in [5.41, 5.74) is 0.618. The summed E-state index contributed by atoms with van der Waals surface area (Å²) in [6.07, 6.45) is 5.93. The van der Waals surface area contributed by atoms with E-state index in [-0.39, 0.29) is 37.1 Å². The smallest absolute Gasteiger partial charge is 0.333 e. The second-order valence-electron chi connectivity index (χ2n) is 5.76. The van der Waals surface area contributed by atoms with Crippen molar-refractivity contribution in [2.24, 2.45) is 0 Å². The molecule has 31 heavy (non-hydrogen) atoms. The topological polar surface area (TPSA) is 136 Å². The fraction of sp³-hybridized carbons (Fsp3) is 0.455. The van der Waals surface area contributed by atoms with Gasteiger partial charge in [-0.15, -0.1) is 0 Å². The molecular weight excluding hydrogens is 408 g/mol. The molecule has 0 aromatic carbocycles. The number of carboxylic acid groups (broad SMARTS) is 1. The molecule has 0 fully saturated rings. The second-order valence-corrected chi connectivity index (χ2v) is 5.76. The largest absolute Gasteiger partial charge is 0.478 e. The van der Waals surface area contributed by atoms with E-state index in [1.165, 1.54) is 19.3 Å². The van der Waals surface area contributed by atoms with Gasteiger partial charge in [-0.3, -0.25) is 0 Å². The first-order chi connectivity index (χ1) is 14.6. The van der Waals surface area contributed by atoms with E-state index < -0.39 is 11.9 Å². The highest BCUT2D eigenvalue weighted by atomic mass is 16.5. The predicted molar refractivity (Wildman–Crippen MR) is 116 cm³/mol. The van der Waals surface area contributed by atoms with Gasteiger partial charge in [0.1, 0.15) is 0 Å². The van der Waals surface area contributed by atoms with Gasteiger partial charge in [-0.05, 0) is 19.8 Å². The Kier molecular flexibility index (Phi) is 24.2. The predicted octanol–water partition coefficient (Wildman–Crippen LogP) is 2.75. The number of carbonyl (C=O) groups is 4. The SMILES string of the molecule is C=C(C)C(=O)OC.C=C(CC=CC(=O)O)C(=O)OCCCO.C=CC(=O)OCCCC. The lowest BCUT2D eigenvalue weighted by Crippen LogP contribution is -2.08. The Morgan fingerprint density at radius 1 is 1.00 bits per heavy atom. The fourth-order valence-electron chi connectivity index (χ4n) is 1.27. The van der Waals surface area contributed by atoms with Gasteiger partial charge < -0.3 is 24.4 Å². The Hall–Kier alpha value is -3.20. The number of carboxylic acids is 1. The van der Waals surface area contributed by atoms with Gasteiger partial charge in [0.25, 0.3) is 0 Å². The molecule has 0 atom stereocenters. The molecule has 176 valence electrons. The summed E-state index contributed by atoms with van der Waals surface area (Å²) in [6, 6.07) is 0. The molecule has 0 aromatic rings. The minimum Gasteiger partial charge on any atom is -0.478 e. The minimum atomic E-state index is -1.07. The van der Waals surface area contributed by atoms with Crippen LogP contribution in [0.25, 0.3) is 0 Å². The number of ether oxygens (including phenoxy) is 3. The van der Waals surface area contributed by atoms with E-state index in [2.05, 4.69) is 29.2 Å². The normalized spacial score (nSPS) is 9.16. The molecule has 0 saturated heterocycles. The highest BCUT2D eigenvalue weighted by Crippen LogP contribution is 2.02. The van der Waals surface area contributed by atoms with Crippen molar-refractivity contribution in [2.75, 3.05) is 26.9 Å². The number of aliphatic carboxylic acids is 1. The van der Waals surface area contributed by atoms with E-state index >= 15 is 0 Å². The molecule has 0 spiro atoms. The number of hydrogen-bond donors (Lipinski definition) is 2. The molecule has 0 heterocycles. The van der Waals surface area contributed by atoms with Crippen LogP contribution in [0.5, 0.6) is 0 Å². The molecule has 0 aliphatic rings. The molecule has 0 rings (SSSR count). The monoisotopic (exact) mass is 442 g/mol. The molecule has 0 aromatic heterocycles. The molecule has 0 bridgehead atoms. The van der Waals surface area contributed by atoms with Gasteiger partial charge >= 0.3 is 23.9 Å². The first-order valence-electron chi connectivity index (χ1n) is 9.45. The van der Waals surface area contributed by atoms with Crippen molar-refractivity contribution in [1.29, 1.82) is 0 Å². The van der Waals surface area contributed by atoms with E-state index in [1.807, 2.05) is 6.92 Å². The third-order valence-corrected chi connectivity index (χ3v) is 2.89. The molecule has 0 saturated carbocycles. The summed E-state index contributed by atoms with van der Waals surface area (Å²) in [6.45, 7) is 14.3. The van der Waals surface area contributed by atoms with E-state index in [0.29, 0.717) is 18.6 Å². The zero-order valence-electron chi connectivity index (χ0n) is 18.6. The molecule has 0 aliphatic heterocycles. The van der Waals surface area contributed by atoms with Crippen LogP contribution in [0.1, 0.15) is 39.5 Å². The maximum atomic E-state index is 11.1. The number of unbranched alkanes of at least 4 members (excludes halogenated alkanes) is 1. The van der Waals surface area contributed by atoms with Crippen LogP contribution in [0.3, 0.4) is 0 Å². The highest BCUT2D eigenvalue weighted by molar-refractivity contribution is 5.88. The number of hydrogen-bond acceptors (Lipinski definition) is 8. The molecule has 9 heteroatoms.